The van der Waals surface area contributed by atoms with Crippen LogP contribution in [0.25, 0.3) is 4.96 Å². The monoisotopic (exact) mass is 225 g/mol. The second-order valence-electron chi connectivity index (χ2n) is 3.38. The van der Waals surface area contributed by atoms with Crippen molar-refractivity contribution in [3.63, 3.8) is 0 Å². The van der Waals surface area contributed by atoms with Crippen LogP contribution in [0.4, 0.5) is 0 Å². The molecule has 5 nitrogen and oxygen atoms in total. The molecule has 0 fully saturated rings. The fourth-order valence-corrected chi connectivity index (χ4v) is 2.41. The summed E-state index contributed by atoms with van der Waals surface area (Å²) < 4.78 is 1.87. The summed E-state index contributed by atoms with van der Waals surface area (Å²) in [6.07, 6.45) is 1.74. The summed E-state index contributed by atoms with van der Waals surface area (Å²) in [5.74, 6) is -1.02. The van der Waals surface area contributed by atoms with Gasteiger partial charge in [-0.05, 0) is 13.8 Å². The number of hydrogen-bond acceptors (Lipinski definition) is 4. The minimum Gasteiger partial charge on any atom is -0.480 e. The highest BCUT2D eigenvalue weighted by Gasteiger charge is 2.19. The maximum absolute atomic E-state index is 10.7. The van der Waals surface area contributed by atoms with Gasteiger partial charge in [0.05, 0.1) is 10.6 Å². The maximum Gasteiger partial charge on any atom is 0.326 e. The maximum atomic E-state index is 10.7. The molecule has 0 aliphatic carbocycles. The van der Waals surface area contributed by atoms with E-state index >= 15 is 0 Å². The van der Waals surface area contributed by atoms with Crippen LogP contribution in [0.3, 0.4) is 0 Å². The van der Waals surface area contributed by atoms with Gasteiger partial charge in [-0.25, -0.2) is 4.98 Å². The first-order chi connectivity index (χ1) is 7.00. The Morgan fingerprint density at radius 1 is 1.67 bits per heavy atom. The third kappa shape index (κ3) is 1.51. The second-order valence-corrected chi connectivity index (χ2v) is 4.43. The lowest BCUT2D eigenvalue weighted by atomic mass is 10.3. The van der Waals surface area contributed by atoms with Gasteiger partial charge in [0.2, 0.25) is 0 Å². The van der Waals surface area contributed by atoms with E-state index in [1.165, 1.54) is 11.3 Å². The molecule has 3 N–H and O–H groups in total. The van der Waals surface area contributed by atoms with Crippen molar-refractivity contribution in [2.75, 3.05) is 0 Å². The van der Waals surface area contributed by atoms with E-state index in [4.69, 9.17) is 10.8 Å². The first-order valence-corrected chi connectivity index (χ1v) is 5.25. The smallest absolute Gasteiger partial charge is 0.326 e. The molecule has 2 aromatic rings. The summed E-state index contributed by atoms with van der Waals surface area (Å²) in [5, 5.41) is 8.77. The lowest BCUT2D eigenvalue weighted by molar-refractivity contribution is -0.138. The van der Waals surface area contributed by atoms with Crippen LogP contribution in [0.5, 0.6) is 0 Å². The largest absolute Gasteiger partial charge is 0.480 e. The molecule has 0 amide bonds. The number of aliphatic carboxylic acids is 1. The number of aromatic nitrogens is 2. The molecule has 0 aromatic carbocycles. The molecule has 0 saturated heterocycles. The number of carboxylic acid groups (broad SMARTS) is 1. The molecule has 0 saturated carbocycles. The molecule has 0 aliphatic rings. The summed E-state index contributed by atoms with van der Waals surface area (Å²) in [4.78, 5) is 16.4. The van der Waals surface area contributed by atoms with Crippen molar-refractivity contribution in [3.05, 3.63) is 22.5 Å². The topological polar surface area (TPSA) is 80.6 Å². The molecule has 1 atom stereocenters. The molecule has 2 aromatic heterocycles. The molecule has 2 heterocycles. The van der Waals surface area contributed by atoms with Crippen molar-refractivity contribution in [1.29, 1.82) is 0 Å². The van der Waals surface area contributed by atoms with Crippen molar-refractivity contribution < 1.29 is 9.90 Å². The molecule has 1 unspecified atom stereocenters. The average molecular weight is 225 g/mol. The van der Waals surface area contributed by atoms with E-state index in [9.17, 15) is 4.79 Å². The van der Waals surface area contributed by atoms with Gasteiger partial charge in [0.1, 0.15) is 6.04 Å². The van der Waals surface area contributed by atoms with Gasteiger partial charge in [0.15, 0.2) is 4.96 Å². The zero-order valence-corrected chi connectivity index (χ0v) is 9.21. The van der Waals surface area contributed by atoms with E-state index in [-0.39, 0.29) is 0 Å². The van der Waals surface area contributed by atoms with E-state index in [0.29, 0.717) is 4.88 Å². The minimum atomic E-state index is -1.02. The number of rotatable bonds is 2. The van der Waals surface area contributed by atoms with Gasteiger partial charge in [0.25, 0.3) is 0 Å². The quantitative estimate of drug-likeness (QED) is 0.801. The van der Waals surface area contributed by atoms with Gasteiger partial charge in [-0.1, -0.05) is 11.3 Å². The number of nitrogens with zero attached hydrogens (tertiary/aromatic N) is 2. The molecular formula is C9H11N3O2S. The number of nitrogens with two attached hydrogens (primary N) is 1. The Balaban J connectivity index is 2.53. The normalized spacial score (nSPS) is 13.3. The second kappa shape index (κ2) is 3.32. The first-order valence-electron chi connectivity index (χ1n) is 4.44. The zero-order chi connectivity index (χ0) is 11.2. The van der Waals surface area contributed by atoms with Crippen molar-refractivity contribution >= 4 is 22.3 Å². The third-order valence-corrected chi connectivity index (χ3v) is 3.46. The molecule has 0 bridgehead atoms. The Bertz CT molecular complexity index is 529. The summed E-state index contributed by atoms with van der Waals surface area (Å²) in [7, 11) is 0. The van der Waals surface area contributed by atoms with Crippen molar-refractivity contribution in [1.82, 2.24) is 9.38 Å². The SMILES string of the molecule is Cc1nc2sc(C(N)C(=O)O)cn2c1C. The van der Waals surface area contributed by atoms with Crippen molar-refractivity contribution in [2.45, 2.75) is 19.9 Å². The number of imidazole rings is 1. The Hall–Kier alpha value is -1.40. The van der Waals surface area contributed by atoms with Crippen LogP contribution >= 0.6 is 11.3 Å². The van der Waals surface area contributed by atoms with Gasteiger partial charge in [-0.15, -0.1) is 0 Å². The molecule has 15 heavy (non-hydrogen) atoms. The number of carbonyl (C=O) groups is 1. The summed E-state index contributed by atoms with van der Waals surface area (Å²) in [5.41, 5.74) is 7.49. The predicted molar refractivity (Wildman–Crippen MR) is 57.1 cm³/mol. The standard InChI is InChI=1S/C9H11N3O2S/c1-4-5(2)12-3-6(7(10)8(13)14)15-9(12)11-4/h3,7H,10H2,1-2H3,(H,13,14). The van der Waals surface area contributed by atoms with E-state index < -0.39 is 12.0 Å². The average Bonchev–Trinajstić information content (AvgIpc) is 2.67. The van der Waals surface area contributed by atoms with E-state index in [1.807, 2.05) is 18.2 Å². The lowest BCUT2D eigenvalue weighted by Crippen LogP contribution is -2.19. The van der Waals surface area contributed by atoms with Crippen molar-refractivity contribution in [2.24, 2.45) is 5.73 Å². The highest BCUT2D eigenvalue weighted by molar-refractivity contribution is 7.17. The molecular weight excluding hydrogens is 214 g/mol. The summed E-state index contributed by atoms with van der Waals surface area (Å²) in [6, 6.07) is -0.962. The Morgan fingerprint density at radius 2 is 2.33 bits per heavy atom. The van der Waals surface area contributed by atoms with Crippen LogP contribution in [-0.4, -0.2) is 20.5 Å². The number of fused-ring (bicyclic) bond motifs is 1. The summed E-state index contributed by atoms with van der Waals surface area (Å²) >= 11 is 1.31. The molecule has 0 spiro atoms. The molecule has 0 aliphatic heterocycles. The summed E-state index contributed by atoms with van der Waals surface area (Å²) in [6.45, 7) is 3.87. The Labute approximate surface area is 90.2 Å². The molecule has 0 radical (unpaired) electrons. The zero-order valence-electron chi connectivity index (χ0n) is 8.39. The van der Waals surface area contributed by atoms with Crippen LogP contribution in [0.15, 0.2) is 6.20 Å². The van der Waals surface area contributed by atoms with Crippen LogP contribution in [0.1, 0.15) is 22.3 Å². The first kappa shape index (κ1) is 10.1. The van der Waals surface area contributed by atoms with Crippen LogP contribution in [0.2, 0.25) is 0 Å². The molecule has 6 heteroatoms. The number of thiazole rings is 1. The van der Waals surface area contributed by atoms with Crippen LogP contribution in [-0.2, 0) is 4.79 Å². The van der Waals surface area contributed by atoms with E-state index in [1.54, 1.807) is 6.20 Å². The van der Waals surface area contributed by atoms with Gasteiger partial charge >= 0.3 is 5.97 Å². The lowest BCUT2D eigenvalue weighted by Gasteiger charge is -2.00. The number of aryl methyl sites for hydroxylation is 2. The van der Waals surface area contributed by atoms with Gasteiger partial charge in [0, 0.05) is 11.9 Å². The fourth-order valence-electron chi connectivity index (χ4n) is 1.34. The Morgan fingerprint density at radius 3 is 2.87 bits per heavy atom. The number of carboxylic acids is 1. The van der Waals surface area contributed by atoms with E-state index in [0.717, 1.165) is 16.3 Å². The molecule has 2 rings (SSSR count). The highest BCUT2D eigenvalue weighted by Crippen LogP contribution is 2.24. The van der Waals surface area contributed by atoms with E-state index in [2.05, 4.69) is 4.98 Å². The Kier molecular flexibility index (Phi) is 2.24. The van der Waals surface area contributed by atoms with Gasteiger partial charge < -0.3 is 10.8 Å². The molecule has 80 valence electrons. The van der Waals surface area contributed by atoms with Crippen LogP contribution in [0, 0.1) is 13.8 Å². The fraction of sp³-hybridized carbons (Fsp3) is 0.333. The van der Waals surface area contributed by atoms with Gasteiger partial charge in [-0.2, -0.15) is 0 Å². The number of hydrogen-bond donors (Lipinski definition) is 2. The third-order valence-electron chi connectivity index (χ3n) is 2.39. The minimum absolute atomic E-state index is 0.619. The van der Waals surface area contributed by atoms with Crippen molar-refractivity contribution in [3.8, 4) is 0 Å². The van der Waals surface area contributed by atoms with Gasteiger partial charge in [-0.3, -0.25) is 9.20 Å². The van der Waals surface area contributed by atoms with Crippen LogP contribution < -0.4 is 5.73 Å². The predicted octanol–water partition coefficient (Wildman–Crippen LogP) is 1.10. The highest BCUT2D eigenvalue weighted by atomic mass is 32.1.